The van der Waals surface area contributed by atoms with Crippen LogP contribution in [0.25, 0.3) is 11.3 Å². The second-order valence-electron chi connectivity index (χ2n) is 5.88. The Balaban J connectivity index is 1.54. The first-order chi connectivity index (χ1) is 13.2. The number of carbonyl (C=O) groups excluding carboxylic acids is 2. The lowest BCUT2D eigenvalue weighted by Crippen LogP contribution is -2.16. The van der Waals surface area contributed by atoms with Crippen molar-refractivity contribution in [2.75, 3.05) is 11.9 Å². The first kappa shape index (κ1) is 16.8. The van der Waals surface area contributed by atoms with E-state index in [1.54, 1.807) is 31.2 Å². The minimum Gasteiger partial charge on any atom is -0.488 e. The molecule has 136 valence electrons. The quantitative estimate of drug-likeness (QED) is 0.711. The van der Waals surface area contributed by atoms with Gasteiger partial charge >= 0.3 is 5.97 Å². The minimum absolute atomic E-state index is 0.175. The highest BCUT2D eigenvalue weighted by atomic mass is 16.5. The summed E-state index contributed by atoms with van der Waals surface area (Å²) in [5.41, 5.74) is 2.49. The number of benzene rings is 2. The van der Waals surface area contributed by atoms with Crippen molar-refractivity contribution in [3.8, 4) is 17.1 Å². The first-order valence-electron chi connectivity index (χ1n) is 8.46. The molecule has 0 saturated heterocycles. The number of rotatable bonds is 4. The molecule has 1 amide bonds. The van der Waals surface area contributed by atoms with Crippen LogP contribution in [0.15, 0.2) is 53.1 Å². The van der Waals surface area contributed by atoms with E-state index in [2.05, 4.69) is 10.5 Å². The van der Waals surface area contributed by atoms with Gasteiger partial charge in [0.05, 0.1) is 23.3 Å². The Kier molecular flexibility index (Phi) is 4.33. The van der Waals surface area contributed by atoms with Gasteiger partial charge < -0.3 is 19.3 Å². The summed E-state index contributed by atoms with van der Waals surface area (Å²) in [6, 6.07) is 13.9. The van der Waals surface area contributed by atoms with Crippen molar-refractivity contribution in [3.63, 3.8) is 0 Å². The number of nitrogens with one attached hydrogen (secondary N) is 1. The van der Waals surface area contributed by atoms with Gasteiger partial charge in [-0.15, -0.1) is 0 Å². The Hall–Kier alpha value is -3.61. The van der Waals surface area contributed by atoms with E-state index in [9.17, 15) is 9.59 Å². The van der Waals surface area contributed by atoms with E-state index in [1.165, 1.54) is 0 Å². The number of hydrogen-bond acceptors (Lipinski definition) is 6. The molecular formula is C20H16N2O5. The standard InChI is InChI=1S/C20H16N2O5/c1-2-25-20(24)12-7-9-13(10-8-12)21-19(23)17-15-11-26-16-6-4-3-5-14(16)18(15)27-22-17/h3-10H,2,11H2,1H3,(H,21,23). The van der Waals surface area contributed by atoms with Crippen LogP contribution in [0.1, 0.15) is 33.3 Å². The average molecular weight is 364 g/mol. The maximum atomic E-state index is 12.6. The van der Waals surface area contributed by atoms with Crippen molar-refractivity contribution in [2.45, 2.75) is 13.5 Å². The third-order valence-corrected chi connectivity index (χ3v) is 4.16. The van der Waals surface area contributed by atoms with Gasteiger partial charge in [0.15, 0.2) is 11.5 Å². The van der Waals surface area contributed by atoms with E-state index >= 15 is 0 Å². The number of amides is 1. The van der Waals surface area contributed by atoms with Crippen molar-refractivity contribution in [3.05, 3.63) is 65.4 Å². The Labute approximate surface area is 154 Å². The lowest BCUT2D eigenvalue weighted by molar-refractivity contribution is 0.0526. The molecule has 27 heavy (non-hydrogen) atoms. The Morgan fingerprint density at radius 3 is 2.70 bits per heavy atom. The van der Waals surface area contributed by atoms with Gasteiger partial charge in [-0.3, -0.25) is 4.79 Å². The Bertz CT molecular complexity index is 1010. The fourth-order valence-electron chi connectivity index (χ4n) is 2.86. The number of esters is 1. The molecule has 7 heteroatoms. The summed E-state index contributed by atoms with van der Waals surface area (Å²) >= 11 is 0. The summed E-state index contributed by atoms with van der Waals surface area (Å²) in [6.07, 6.45) is 0. The molecule has 4 rings (SSSR count). The van der Waals surface area contributed by atoms with Crippen LogP contribution in [0, 0.1) is 0 Å². The second-order valence-corrected chi connectivity index (χ2v) is 5.88. The first-order valence-corrected chi connectivity index (χ1v) is 8.46. The van der Waals surface area contributed by atoms with Crippen LogP contribution in [-0.2, 0) is 11.3 Å². The van der Waals surface area contributed by atoms with Crippen LogP contribution < -0.4 is 10.1 Å². The van der Waals surface area contributed by atoms with E-state index in [1.807, 2.05) is 24.3 Å². The van der Waals surface area contributed by atoms with Gasteiger partial charge in [-0.25, -0.2) is 4.79 Å². The molecule has 0 radical (unpaired) electrons. The van der Waals surface area contributed by atoms with E-state index in [0.717, 1.165) is 5.56 Å². The topological polar surface area (TPSA) is 90.7 Å². The predicted octanol–water partition coefficient (Wildman–Crippen LogP) is 3.66. The van der Waals surface area contributed by atoms with E-state index < -0.39 is 11.9 Å². The number of anilines is 1. The molecule has 3 aromatic rings. The summed E-state index contributed by atoms with van der Waals surface area (Å²) in [6.45, 7) is 2.26. The number of aromatic nitrogens is 1. The predicted molar refractivity (Wildman–Crippen MR) is 96.6 cm³/mol. The number of para-hydroxylation sites is 1. The Morgan fingerprint density at radius 1 is 1.15 bits per heavy atom. The zero-order chi connectivity index (χ0) is 18.8. The maximum absolute atomic E-state index is 12.6. The van der Waals surface area contributed by atoms with Gasteiger partial charge in [0, 0.05) is 5.69 Å². The van der Waals surface area contributed by atoms with Gasteiger partial charge in [0.1, 0.15) is 12.4 Å². The highest BCUT2D eigenvalue weighted by molar-refractivity contribution is 6.05. The zero-order valence-electron chi connectivity index (χ0n) is 14.5. The Morgan fingerprint density at radius 2 is 1.93 bits per heavy atom. The molecule has 0 spiro atoms. The normalized spacial score (nSPS) is 11.7. The minimum atomic E-state index is -0.410. The van der Waals surface area contributed by atoms with Crippen LogP contribution in [0.2, 0.25) is 0 Å². The molecule has 0 atom stereocenters. The monoisotopic (exact) mass is 364 g/mol. The summed E-state index contributed by atoms with van der Waals surface area (Å²) in [7, 11) is 0. The number of nitrogens with zero attached hydrogens (tertiary/aromatic N) is 1. The lowest BCUT2D eigenvalue weighted by Gasteiger charge is -2.15. The largest absolute Gasteiger partial charge is 0.488 e. The summed E-state index contributed by atoms with van der Waals surface area (Å²) in [4.78, 5) is 24.3. The van der Waals surface area contributed by atoms with Crippen LogP contribution >= 0.6 is 0 Å². The molecule has 1 aromatic heterocycles. The van der Waals surface area contributed by atoms with E-state index in [4.69, 9.17) is 14.0 Å². The zero-order valence-corrected chi connectivity index (χ0v) is 14.5. The molecular weight excluding hydrogens is 348 g/mol. The third kappa shape index (κ3) is 3.15. The highest BCUT2D eigenvalue weighted by Crippen LogP contribution is 2.38. The molecule has 7 nitrogen and oxygen atoms in total. The highest BCUT2D eigenvalue weighted by Gasteiger charge is 2.28. The van der Waals surface area contributed by atoms with E-state index in [-0.39, 0.29) is 12.3 Å². The van der Waals surface area contributed by atoms with Gasteiger partial charge in [0.25, 0.3) is 5.91 Å². The molecule has 1 aliphatic heterocycles. The van der Waals surface area contributed by atoms with Crippen molar-refractivity contribution in [1.82, 2.24) is 5.16 Å². The number of fused-ring (bicyclic) bond motifs is 3. The molecule has 0 unspecified atom stereocenters. The summed E-state index contributed by atoms with van der Waals surface area (Å²) in [5.74, 6) is 0.422. The molecule has 0 aliphatic carbocycles. The number of carbonyl (C=O) groups is 2. The van der Waals surface area contributed by atoms with Crippen LogP contribution in [0.4, 0.5) is 5.69 Å². The average Bonchev–Trinajstić information content (AvgIpc) is 3.13. The van der Waals surface area contributed by atoms with Gasteiger partial charge in [-0.1, -0.05) is 17.3 Å². The SMILES string of the molecule is CCOC(=O)c1ccc(NC(=O)c2noc3c2COc2ccccc2-3)cc1. The molecule has 0 bridgehead atoms. The van der Waals surface area contributed by atoms with Crippen LogP contribution in [-0.4, -0.2) is 23.6 Å². The smallest absolute Gasteiger partial charge is 0.338 e. The fraction of sp³-hybridized carbons (Fsp3) is 0.150. The molecule has 2 aromatic carbocycles. The van der Waals surface area contributed by atoms with E-state index in [0.29, 0.717) is 34.9 Å². The molecule has 1 aliphatic rings. The van der Waals surface area contributed by atoms with Crippen molar-refractivity contribution in [1.29, 1.82) is 0 Å². The summed E-state index contributed by atoms with van der Waals surface area (Å²) in [5, 5.41) is 6.67. The maximum Gasteiger partial charge on any atom is 0.338 e. The number of ether oxygens (including phenoxy) is 2. The summed E-state index contributed by atoms with van der Waals surface area (Å²) < 4.78 is 16.0. The van der Waals surface area contributed by atoms with Gasteiger partial charge in [-0.05, 0) is 43.3 Å². The molecule has 0 fully saturated rings. The van der Waals surface area contributed by atoms with Crippen LogP contribution in [0.3, 0.4) is 0 Å². The molecule has 1 N–H and O–H groups in total. The van der Waals surface area contributed by atoms with Gasteiger partial charge in [0.2, 0.25) is 0 Å². The number of hydrogen-bond donors (Lipinski definition) is 1. The molecule has 2 heterocycles. The van der Waals surface area contributed by atoms with Crippen molar-refractivity contribution < 1.29 is 23.6 Å². The molecule has 0 saturated carbocycles. The third-order valence-electron chi connectivity index (χ3n) is 4.16. The fourth-order valence-corrected chi connectivity index (χ4v) is 2.86. The lowest BCUT2D eigenvalue weighted by atomic mass is 10.0. The van der Waals surface area contributed by atoms with Crippen molar-refractivity contribution >= 4 is 17.6 Å². The second kappa shape index (κ2) is 6.95. The van der Waals surface area contributed by atoms with Crippen molar-refractivity contribution in [2.24, 2.45) is 0 Å². The van der Waals surface area contributed by atoms with Gasteiger partial charge in [-0.2, -0.15) is 0 Å². The van der Waals surface area contributed by atoms with Crippen LogP contribution in [0.5, 0.6) is 5.75 Å².